The Hall–Kier alpha value is -0.940. The predicted molar refractivity (Wildman–Crippen MR) is 65.9 cm³/mol. The van der Waals surface area contributed by atoms with E-state index in [4.69, 9.17) is 4.74 Å². The Morgan fingerprint density at radius 2 is 2.35 bits per heavy atom. The average molecular weight is 238 g/mol. The zero-order chi connectivity index (χ0) is 12.3. The first-order valence-electron chi connectivity index (χ1n) is 6.35. The minimum atomic E-state index is 0.374. The van der Waals surface area contributed by atoms with Crippen LogP contribution >= 0.6 is 0 Å². The summed E-state index contributed by atoms with van der Waals surface area (Å²) in [5, 5.41) is 7.89. The van der Waals surface area contributed by atoms with Crippen molar-refractivity contribution in [3.63, 3.8) is 0 Å². The van der Waals surface area contributed by atoms with Crippen LogP contribution < -0.4 is 5.32 Å². The van der Waals surface area contributed by atoms with Crippen molar-refractivity contribution in [1.82, 2.24) is 20.1 Å². The second kappa shape index (κ2) is 5.60. The molecule has 0 saturated carbocycles. The molecule has 0 aromatic carbocycles. The van der Waals surface area contributed by atoms with E-state index in [1.54, 1.807) is 0 Å². The van der Waals surface area contributed by atoms with Crippen LogP contribution in [0.3, 0.4) is 0 Å². The van der Waals surface area contributed by atoms with Gasteiger partial charge in [-0.2, -0.15) is 5.10 Å². The van der Waals surface area contributed by atoms with Crippen molar-refractivity contribution in [2.24, 2.45) is 13.0 Å². The molecule has 0 spiro atoms. The molecular weight excluding hydrogens is 216 g/mol. The van der Waals surface area contributed by atoms with E-state index >= 15 is 0 Å². The molecule has 1 saturated heterocycles. The molecule has 5 heteroatoms. The topological polar surface area (TPSA) is 52.0 Å². The summed E-state index contributed by atoms with van der Waals surface area (Å²) in [6, 6.07) is 0.374. The molecule has 5 nitrogen and oxygen atoms in total. The summed E-state index contributed by atoms with van der Waals surface area (Å²) in [4.78, 5) is 4.60. The fraction of sp³-hybridized carbons (Fsp3) is 0.833. The number of morpholine rings is 1. The molecule has 0 aliphatic carbocycles. The van der Waals surface area contributed by atoms with E-state index < -0.39 is 0 Å². The highest BCUT2D eigenvalue weighted by atomic mass is 16.5. The van der Waals surface area contributed by atoms with Gasteiger partial charge in [-0.1, -0.05) is 13.8 Å². The van der Waals surface area contributed by atoms with E-state index in [1.165, 1.54) is 0 Å². The SMILES string of the molecule is CC(C)Cc1nc(CC2COCCN2)n(C)n1. The number of aryl methyl sites for hydroxylation is 1. The van der Waals surface area contributed by atoms with Crippen LogP contribution in [0.2, 0.25) is 0 Å². The first-order chi connectivity index (χ1) is 8.15. The number of nitrogens with zero attached hydrogens (tertiary/aromatic N) is 3. The largest absolute Gasteiger partial charge is 0.379 e. The smallest absolute Gasteiger partial charge is 0.151 e. The molecule has 1 N–H and O–H groups in total. The van der Waals surface area contributed by atoms with Gasteiger partial charge in [0.15, 0.2) is 5.82 Å². The molecule has 0 amide bonds. The van der Waals surface area contributed by atoms with Crippen LogP contribution in [0, 0.1) is 5.92 Å². The lowest BCUT2D eigenvalue weighted by Gasteiger charge is -2.23. The Balaban J connectivity index is 1.97. The van der Waals surface area contributed by atoms with Crippen LogP contribution in [0.4, 0.5) is 0 Å². The lowest BCUT2D eigenvalue weighted by Crippen LogP contribution is -2.43. The van der Waals surface area contributed by atoms with Crippen LogP contribution in [0.15, 0.2) is 0 Å². The van der Waals surface area contributed by atoms with Crippen LogP contribution in [-0.2, 0) is 24.6 Å². The predicted octanol–water partition coefficient (Wildman–Crippen LogP) is 0.544. The molecule has 1 unspecified atom stereocenters. The van der Waals surface area contributed by atoms with Crippen LogP contribution in [0.25, 0.3) is 0 Å². The van der Waals surface area contributed by atoms with Gasteiger partial charge in [0.05, 0.1) is 13.2 Å². The second-order valence-corrected chi connectivity index (χ2v) is 5.10. The Morgan fingerprint density at radius 3 is 3.00 bits per heavy atom. The van der Waals surface area contributed by atoms with Crippen molar-refractivity contribution in [3.8, 4) is 0 Å². The fourth-order valence-corrected chi connectivity index (χ4v) is 2.08. The normalized spacial score (nSPS) is 21.1. The van der Waals surface area contributed by atoms with Crippen molar-refractivity contribution in [1.29, 1.82) is 0 Å². The van der Waals surface area contributed by atoms with Gasteiger partial charge in [0, 0.05) is 32.5 Å². The van der Waals surface area contributed by atoms with E-state index in [0.717, 1.165) is 44.2 Å². The number of aromatic nitrogens is 3. The van der Waals surface area contributed by atoms with E-state index in [-0.39, 0.29) is 0 Å². The van der Waals surface area contributed by atoms with Gasteiger partial charge in [-0.25, -0.2) is 4.98 Å². The van der Waals surface area contributed by atoms with Gasteiger partial charge in [0.1, 0.15) is 5.82 Å². The van der Waals surface area contributed by atoms with Crippen molar-refractivity contribution in [2.45, 2.75) is 32.7 Å². The minimum Gasteiger partial charge on any atom is -0.379 e. The summed E-state index contributed by atoms with van der Waals surface area (Å²) in [5.41, 5.74) is 0. The molecule has 2 heterocycles. The molecule has 1 aliphatic rings. The third-order valence-corrected chi connectivity index (χ3v) is 2.92. The van der Waals surface area contributed by atoms with E-state index in [0.29, 0.717) is 12.0 Å². The van der Waals surface area contributed by atoms with Crippen molar-refractivity contribution < 1.29 is 4.74 Å². The Morgan fingerprint density at radius 1 is 1.53 bits per heavy atom. The Labute approximate surface area is 103 Å². The number of rotatable bonds is 4. The summed E-state index contributed by atoms with van der Waals surface area (Å²) in [5.74, 6) is 2.60. The van der Waals surface area contributed by atoms with Gasteiger partial charge in [-0.15, -0.1) is 0 Å². The van der Waals surface area contributed by atoms with Crippen molar-refractivity contribution in [2.75, 3.05) is 19.8 Å². The molecular formula is C12H22N4O. The first kappa shape index (κ1) is 12.5. The van der Waals surface area contributed by atoms with Crippen LogP contribution in [0.5, 0.6) is 0 Å². The molecule has 1 aromatic rings. The zero-order valence-electron chi connectivity index (χ0n) is 10.9. The average Bonchev–Trinajstić information content (AvgIpc) is 2.59. The van der Waals surface area contributed by atoms with Gasteiger partial charge >= 0.3 is 0 Å². The molecule has 1 fully saturated rings. The number of hydrogen-bond acceptors (Lipinski definition) is 4. The molecule has 1 aromatic heterocycles. The zero-order valence-corrected chi connectivity index (χ0v) is 10.9. The van der Waals surface area contributed by atoms with Gasteiger partial charge in [0.2, 0.25) is 0 Å². The monoisotopic (exact) mass is 238 g/mol. The summed E-state index contributed by atoms with van der Waals surface area (Å²) in [6.07, 6.45) is 1.84. The molecule has 0 radical (unpaired) electrons. The van der Waals surface area contributed by atoms with E-state index in [9.17, 15) is 0 Å². The Bertz CT molecular complexity index is 355. The summed E-state index contributed by atoms with van der Waals surface area (Å²) < 4.78 is 7.34. The summed E-state index contributed by atoms with van der Waals surface area (Å²) >= 11 is 0. The van der Waals surface area contributed by atoms with Crippen molar-refractivity contribution >= 4 is 0 Å². The van der Waals surface area contributed by atoms with Crippen LogP contribution in [-0.4, -0.2) is 40.6 Å². The number of hydrogen-bond donors (Lipinski definition) is 1. The van der Waals surface area contributed by atoms with Gasteiger partial charge in [-0.3, -0.25) is 4.68 Å². The maximum Gasteiger partial charge on any atom is 0.151 e. The van der Waals surface area contributed by atoms with Gasteiger partial charge in [0.25, 0.3) is 0 Å². The molecule has 1 aliphatic heterocycles. The highest BCUT2D eigenvalue weighted by molar-refractivity contribution is 4.96. The molecule has 17 heavy (non-hydrogen) atoms. The Kier molecular flexibility index (Phi) is 4.12. The lowest BCUT2D eigenvalue weighted by molar-refractivity contribution is 0.0761. The highest BCUT2D eigenvalue weighted by Gasteiger charge is 2.17. The van der Waals surface area contributed by atoms with Crippen molar-refractivity contribution in [3.05, 3.63) is 11.6 Å². The quantitative estimate of drug-likeness (QED) is 0.832. The van der Waals surface area contributed by atoms with E-state index in [2.05, 4.69) is 29.2 Å². The summed E-state index contributed by atoms with van der Waals surface area (Å²) in [6.45, 7) is 6.89. The maximum absolute atomic E-state index is 5.45. The number of nitrogens with one attached hydrogen (secondary N) is 1. The van der Waals surface area contributed by atoms with Crippen LogP contribution in [0.1, 0.15) is 25.5 Å². The van der Waals surface area contributed by atoms with Gasteiger partial charge in [-0.05, 0) is 5.92 Å². The molecule has 2 rings (SSSR count). The molecule has 1 atom stereocenters. The standard InChI is InChI=1S/C12H22N4O/c1-9(2)6-11-14-12(16(3)15-11)7-10-8-17-5-4-13-10/h9-10,13H,4-8H2,1-3H3. The third kappa shape index (κ3) is 3.51. The second-order valence-electron chi connectivity index (χ2n) is 5.10. The first-order valence-corrected chi connectivity index (χ1v) is 6.35. The third-order valence-electron chi connectivity index (χ3n) is 2.92. The van der Waals surface area contributed by atoms with E-state index in [1.807, 2.05) is 11.7 Å². The number of ether oxygens (including phenoxy) is 1. The maximum atomic E-state index is 5.45. The fourth-order valence-electron chi connectivity index (χ4n) is 2.08. The lowest BCUT2D eigenvalue weighted by atomic mass is 10.1. The highest BCUT2D eigenvalue weighted by Crippen LogP contribution is 2.07. The summed E-state index contributed by atoms with van der Waals surface area (Å²) in [7, 11) is 1.97. The minimum absolute atomic E-state index is 0.374. The molecule has 96 valence electrons. The van der Waals surface area contributed by atoms with Gasteiger partial charge < -0.3 is 10.1 Å². The molecule has 0 bridgehead atoms.